The summed E-state index contributed by atoms with van der Waals surface area (Å²) in [5.74, 6) is 1.71. The average molecular weight is 518 g/mol. The van der Waals surface area contributed by atoms with Gasteiger partial charge in [-0.15, -0.1) is 0 Å². The molecule has 5 heterocycles. The van der Waals surface area contributed by atoms with Crippen LogP contribution in [0.1, 0.15) is 42.1 Å². The molecule has 9 heteroatoms. The highest BCUT2D eigenvalue weighted by Gasteiger charge is 2.32. The molecule has 2 aliphatic rings. The number of nitrogens with one attached hydrogen (secondary N) is 3. The lowest BCUT2D eigenvalue weighted by molar-refractivity contribution is 0.120. The Balaban J connectivity index is 1.58. The number of H-pyrrole nitrogens is 1. The van der Waals surface area contributed by atoms with Crippen LogP contribution in [0.15, 0.2) is 30.6 Å². The first-order valence-electron chi connectivity index (χ1n) is 12.9. The summed E-state index contributed by atoms with van der Waals surface area (Å²) >= 11 is 7.17. The van der Waals surface area contributed by atoms with Gasteiger partial charge >= 0.3 is 0 Å². The Morgan fingerprint density at radius 2 is 2.05 bits per heavy atom. The van der Waals surface area contributed by atoms with E-state index >= 15 is 0 Å². The molecule has 0 spiro atoms. The van der Waals surface area contributed by atoms with E-state index in [2.05, 4.69) is 59.5 Å². The average Bonchev–Trinajstić information content (AvgIpc) is 3.27. The van der Waals surface area contributed by atoms with Gasteiger partial charge in [-0.2, -0.15) is 5.10 Å². The third-order valence-electron chi connectivity index (χ3n) is 7.49. The molecular weight excluding hydrogens is 486 g/mol. The minimum Gasteiger partial charge on any atom is -0.490 e. The van der Waals surface area contributed by atoms with Crippen LogP contribution in [0.4, 0.5) is 11.5 Å². The van der Waals surface area contributed by atoms with Gasteiger partial charge < -0.3 is 15.4 Å². The zero-order chi connectivity index (χ0) is 25.7. The van der Waals surface area contributed by atoms with Gasteiger partial charge in [0.2, 0.25) is 0 Å². The van der Waals surface area contributed by atoms with Crippen molar-refractivity contribution in [2.45, 2.75) is 46.2 Å². The van der Waals surface area contributed by atoms with Crippen LogP contribution in [-0.2, 0) is 6.54 Å². The molecule has 0 radical (unpaired) electrons. The number of fused-ring (bicyclic) bond motifs is 3. The maximum Gasteiger partial charge on any atom is 0.148 e. The maximum absolute atomic E-state index is 7.17. The van der Waals surface area contributed by atoms with Crippen LogP contribution in [-0.4, -0.2) is 57.3 Å². The lowest BCUT2D eigenvalue weighted by Crippen LogP contribution is -2.52. The SMILES string of the molecule is Cc1ccnc(C(C)C)c1Nc1nc(-c2c(C)ccc3[nH]ncc23)c(Cl)c2c1CN1CCNC[C@@H]1CO2. The predicted octanol–water partition coefficient (Wildman–Crippen LogP) is 5.32. The van der Waals surface area contributed by atoms with Crippen LogP contribution in [0, 0.1) is 13.8 Å². The van der Waals surface area contributed by atoms with Gasteiger partial charge in [0.05, 0.1) is 40.4 Å². The lowest BCUT2D eigenvalue weighted by Gasteiger charge is -2.33. The summed E-state index contributed by atoms with van der Waals surface area (Å²) in [6.07, 6.45) is 3.71. The van der Waals surface area contributed by atoms with E-state index < -0.39 is 0 Å². The Kier molecular flexibility index (Phi) is 6.26. The number of anilines is 2. The monoisotopic (exact) mass is 517 g/mol. The molecule has 1 fully saturated rings. The molecule has 2 aliphatic heterocycles. The van der Waals surface area contributed by atoms with Gasteiger partial charge in [-0.1, -0.05) is 31.5 Å². The van der Waals surface area contributed by atoms with Gasteiger partial charge in [-0.25, -0.2) is 4.98 Å². The largest absolute Gasteiger partial charge is 0.490 e. The van der Waals surface area contributed by atoms with Crippen molar-refractivity contribution < 1.29 is 4.74 Å². The summed E-state index contributed by atoms with van der Waals surface area (Å²) in [5.41, 5.74) is 7.76. The fraction of sp³-hybridized carbons (Fsp3) is 0.393. The molecule has 1 saturated heterocycles. The molecule has 0 unspecified atom stereocenters. The maximum atomic E-state index is 7.17. The van der Waals surface area contributed by atoms with Gasteiger partial charge in [0.25, 0.3) is 0 Å². The highest BCUT2D eigenvalue weighted by Crippen LogP contribution is 2.45. The van der Waals surface area contributed by atoms with Crippen LogP contribution in [0.25, 0.3) is 22.2 Å². The number of rotatable bonds is 4. The zero-order valence-electron chi connectivity index (χ0n) is 21.7. The summed E-state index contributed by atoms with van der Waals surface area (Å²) < 4.78 is 6.50. The standard InChI is InChI=1S/C28H32ClN7O/c1-15(2)24-25(17(4)7-8-31-24)33-28-20-13-36-10-9-30-11-18(36)14-37-27(20)23(29)26(34-28)22-16(3)5-6-21-19(22)12-32-35-21/h5-8,12,15,18,30H,9-11,13-14H2,1-4H3,(H,32,35)(H,33,34)/t18-/m1/s1. The molecule has 0 amide bonds. The van der Waals surface area contributed by atoms with E-state index in [1.54, 1.807) is 0 Å². The lowest BCUT2D eigenvalue weighted by atomic mass is 9.99. The van der Waals surface area contributed by atoms with Crippen molar-refractivity contribution in [1.29, 1.82) is 0 Å². The zero-order valence-corrected chi connectivity index (χ0v) is 22.4. The summed E-state index contributed by atoms with van der Waals surface area (Å²) in [6.45, 7) is 12.6. The minimum atomic E-state index is 0.253. The van der Waals surface area contributed by atoms with Crippen molar-refractivity contribution in [1.82, 2.24) is 30.4 Å². The highest BCUT2D eigenvalue weighted by atomic mass is 35.5. The smallest absolute Gasteiger partial charge is 0.148 e. The van der Waals surface area contributed by atoms with Gasteiger partial charge in [-0.05, 0) is 43.0 Å². The molecular formula is C28H32ClN7O. The summed E-state index contributed by atoms with van der Waals surface area (Å²) in [7, 11) is 0. The Labute approximate surface area is 221 Å². The van der Waals surface area contributed by atoms with E-state index in [-0.39, 0.29) is 12.0 Å². The second kappa shape index (κ2) is 9.59. The van der Waals surface area contributed by atoms with E-state index in [1.165, 1.54) is 0 Å². The molecule has 192 valence electrons. The number of hydrogen-bond acceptors (Lipinski definition) is 7. The molecule has 8 nitrogen and oxygen atoms in total. The molecule has 3 aromatic heterocycles. The van der Waals surface area contributed by atoms with E-state index in [9.17, 15) is 0 Å². The van der Waals surface area contributed by atoms with Crippen molar-refractivity contribution in [2.75, 3.05) is 31.6 Å². The van der Waals surface area contributed by atoms with E-state index in [0.717, 1.165) is 70.0 Å². The Morgan fingerprint density at radius 3 is 2.89 bits per heavy atom. The molecule has 3 N–H and O–H groups in total. The molecule has 4 aromatic rings. The van der Waals surface area contributed by atoms with Gasteiger partial charge in [0, 0.05) is 43.3 Å². The number of pyridine rings is 2. The van der Waals surface area contributed by atoms with E-state index in [1.807, 2.05) is 24.5 Å². The van der Waals surface area contributed by atoms with Crippen molar-refractivity contribution in [3.05, 3.63) is 58.0 Å². The van der Waals surface area contributed by atoms with Crippen LogP contribution >= 0.6 is 11.6 Å². The summed E-state index contributed by atoms with van der Waals surface area (Å²) in [6, 6.07) is 6.41. The minimum absolute atomic E-state index is 0.253. The predicted molar refractivity (Wildman–Crippen MR) is 148 cm³/mol. The first kappa shape index (κ1) is 24.2. The number of ether oxygens (including phenoxy) is 1. The number of nitrogens with zero attached hydrogens (tertiary/aromatic N) is 4. The van der Waals surface area contributed by atoms with Crippen molar-refractivity contribution >= 4 is 34.0 Å². The first-order valence-corrected chi connectivity index (χ1v) is 13.3. The molecule has 0 saturated carbocycles. The number of hydrogen-bond donors (Lipinski definition) is 3. The molecule has 37 heavy (non-hydrogen) atoms. The topological polar surface area (TPSA) is 91.0 Å². The Bertz CT molecular complexity index is 1480. The van der Waals surface area contributed by atoms with Crippen molar-refractivity contribution in [2.24, 2.45) is 0 Å². The summed E-state index contributed by atoms with van der Waals surface area (Å²) in [4.78, 5) is 12.4. The molecule has 0 bridgehead atoms. The molecule has 6 rings (SSSR count). The molecule has 1 atom stereocenters. The van der Waals surface area contributed by atoms with Crippen molar-refractivity contribution in [3.8, 4) is 17.0 Å². The second-order valence-corrected chi connectivity index (χ2v) is 10.7. The number of piperazine rings is 1. The fourth-order valence-corrected chi connectivity index (χ4v) is 5.74. The van der Waals surface area contributed by atoms with Gasteiger partial charge in [0.15, 0.2) is 0 Å². The quantitative estimate of drug-likeness (QED) is 0.337. The van der Waals surface area contributed by atoms with E-state index in [0.29, 0.717) is 29.6 Å². The van der Waals surface area contributed by atoms with E-state index in [4.69, 9.17) is 26.3 Å². The number of aryl methyl sites for hydroxylation is 2. The number of benzene rings is 1. The second-order valence-electron chi connectivity index (χ2n) is 10.3. The summed E-state index contributed by atoms with van der Waals surface area (Å²) in [5, 5.41) is 16.1. The van der Waals surface area contributed by atoms with Crippen LogP contribution in [0.3, 0.4) is 0 Å². The highest BCUT2D eigenvalue weighted by molar-refractivity contribution is 6.35. The number of aromatic amines is 1. The number of halogens is 1. The fourth-order valence-electron chi connectivity index (χ4n) is 5.44. The normalized spacial score (nSPS) is 17.8. The van der Waals surface area contributed by atoms with Gasteiger partial charge in [-0.3, -0.25) is 15.0 Å². The Hall–Kier alpha value is -3.20. The van der Waals surface area contributed by atoms with Crippen LogP contribution in [0.2, 0.25) is 5.02 Å². The van der Waals surface area contributed by atoms with Crippen molar-refractivity contribution in [3.63, 3.8) is 0 Å². The number of aromatic nitrogens is 4. The molecule has 0 aliphatic carbocycles. The van der Waals surface area contributed by atoms with Crippen LogP contribution < -0.4 is 15.4 Å². The van der Waals surface area contributed by atoms with Crippen LogP contribution in [0.5, 0.6) is 5.75 Å². The Morgan fingerprint density at radius 1 is 1.19 bits per heavy atom. The van der Waals surface area contributed by atoms with Gasteiger partial charge in [0.1, 0.15) is 23.2 Å². The third kappa shape index (κ3) is 4.23. The third-order valence-corrected chi connectivity index (χ3v) is 7.84. The molecule has 1 aromatic carbocycles. The first-order chi connectivity index (χ1) is 17.9.